The molecule has 0 fully saturated rings. The van der Waals surface area contributed by atoms with Gasteiger partial charge in [0.25, 0.3) is 0 Å². The van der Waals surface area contributed by atoms with E-state index in [-0.39, 0.29) is 3.92 Å². The Morgan fingerprint density at radius 2 is 1.95 bits per heavy atom. The number of halogens is 1. The van der Waals surface area contributed by atoms with E-state index >= 15 is 0 Å². The molecule has 21 heavy (non-hydrogen) atoms. The Balaban J connectivity index is 2.45. The Labute approximate surface area is 143 Å². The molecular weight excluding hydrogens is 375 g/mol. The largest absolute Gasteiger partial charge is 0.383 e. The highest BCUT2D eigenvalue weighted by Crippen LogP contribution is 2.38. The third-order valence-electron chi connectivity index (χ3n) is 4.34. The molecule has 1 aliphatic rings. The van der Waals surface area contributed by atoms with E-state index in [1.165, 1.54) is 32.1 Å². The van der Waals surface area contributed by atoms with Gasteiger partial charge in [0, 0.05) is 7.11 Å². The summed E-state index contributed by atoms with van der Waals surface area (Å²) in [5.74, 6) is 0.306. The number of Topliss-reactive ketones (excluding diaryl/α,β-unsaturated/α-hetero) is 1. The molecule has 120 valence electrons. The first kappa shape index (κ1) is 18.9. The highest BCUT2D eigenvalue weighted by atomic mass is 127. The molecule has 0 spiro atoms. The fraction of sp³-hybridized carbons (Fsp3) is 0.722. The van der Waals surface area contributed by atoms with Crippen molar-refractivity contribution in [1.29, 1.82) is 0 Å². The van der Waals surface area contributed by atoms with Gasteiger partial charge in [0.2, 0.25) is 0 Å². The summed E-state index contributed by atoms with van der Waals surface area (Å²) in [5, 5.41) is 0. The Kier molecular flexibility index (Phi) is 8.79. The second-order valence-corrected chi connectivity index (χ2v) is 7.51. The standard InChI is InChI=1S/C18H29IO2/c1-4-5-6-7-8-9-12-16(19)17(20)18(14-21-3)13-10-11-15(18)2/h10-11,13,16H,4-9,12,14H2,1-3H3. The van der Waals surface area contributed by atoms with Gasteiger partial charge in [-0.25, -0.2) is 0 Å². The third kappa shape index (κ3) is 5.20. The van der Waals surface area contributed by atoms with E-state index in [2.05, 4.69) is 29.5 Å². The van der Waals surface area contributed by atoms with Crippen LogP contribution in [0.4, 0.5) is 0 Å². The first-order valence-corrected chi connectivity index (χ1v) is 9.37. The fourth-order valence-corrected chi connectivity index (χ4v) is 3.88. The van der Waals surface area contributed by atoms with Gasteiger partial charge < -0.3 is 4.74 Å². The van der Waals surface area contributed by atoms with Crippen LogP contribution in [0, 0.1) is 5.41 Å². The molecule has 2 unspecified atom stereocenters. The van der Waals surface area contributed by atoms with Crippen LogP contribution in [0.2, 0.25) is 0 Å². The lowest BCUT2D eigenvalue weighted by Crippen LogP contribution is -2.38. The van der Waals surface area contributed by atoms with Crippen molar-refractivity contribution in [2.75, 3.05) is 13.7 Å². The van der Waals surface area contributed by atoms with Gasteiger partial charge in [0.1, 0.15) is 0 Å². The molecule has 3 heteroatoms. The van der Waals surface area contributed by atoms with Gasteiger partial charge in [0.05, 0.1) is 15.9 Å². The first-order chi connectivity index (χ1) is 10.1. The van der Waals surface area contributed by atoms with Crippen LogP contribution in [0.25, 0.3) is 0 Å². The van der Waals surface area contributed by atoms with E-state index in [1.54, 1.807) is 7.11 Å². The average molecular weight is 404 g/mol. The van der Waals surface area contributed by atoms with Crippen LogP contribution in [0.1, 0.15) is 58.8 Å². The van der Waals surface area contributed by atoms with E-state index in [0.29, 0.717) is 12.4 Å². The fourth-order valence-electron chi connectivity index (χ4n) is 2.89. The SMILES string of the molecule is CCCCCCCCC(I)C(=O)C1(COC)C=CC=C1C. The molecule has 0 radical (unpaired) electrons. The molecule has 0 bridgehead atoms. The molecule has 0 heterocycles. The Morgan fingerprint density at radius 3 is 2.52 bits per heavy atom. The molecule has 1 rings (SSSR count). The predicted octanol–water partition coefficient (Wildman–Crippen LogP) is 5.26. The number of rotatable bonds is 11. The van der Waals surface area contributed by atoms with Crippen molar-refractivity contribution in [1.82, 2.24) is 0 Å². The Morgan fingerprint density at radius 1 is 1.29 bits per heavy atom. The monoisotopic (exact) mass is 404 g/mol. The minimum absolute atomic E-state index is 0.0787. The summed E-state index contributed by atoms with van der Waals surface area (Å²) in [4.78, 5) is 12.9. The normalized spacial score (nSPS) is 22.4. The molecule has 0 aliphatic heterocycles. The number of hydrogen-bond acceptors (Lipinski definition) is 2. The molecule has 0 amide bonds. The van der Waals surface area contributed by atoms with Crippen LogP contribution in [0.15, 0.2) is 23.8 Å². The summed E-state index contributed by atoms with van der Waals surface area (Å²) in [7, 11) is 1.67. The van der Waals surface area contributed by atoms with Crippen LogP contribution in [0.3, 0.4) is 0 Å². The highest BCUT2D eigenvalue weighted by molar-refractivity contribution is 14.1. The number of ether oxygens (including phenoxy) is 1. The number of allylic oxidation sites excluding steroid dienone is 2. The van der Waals surface area contributed by atoms with Gasteiger partial charge in [-0.1, -0.05) is 91.8 Å². The number of carbonyl (C=O) groups excluding carboxylic acids is 1. The van der Waals surface area contributed by atoms with Crippen molar-refractivity contribution in [2.24, 2.45) is 5.41 Å². The molecule has 0 aromatic rings. The van der Waals surface area contributed by atoms with Gasteiger partial charge in [-0.15, -0.1) is 0 Å². The van der Waals surface area contributed by atoms with Crippen molar-refractivity contribution in [3.63, 3.8) is 0 Å². The second-order valence-electron chi connectivity index (χ2n) is 6.00. The lowest BCUT2D eigenvalue weighted by atomic mass is 9.78. The maximum absolute atomic E-state index is 12.9. The Hall–Kier alpha value is -0.160. The number of methoxy groups -OCH3 is 1. The van der Waals surface area contributed by atoms with Gasteiger partial charge in [-0.3, -0.25) is 4.79 Å². The maximum atomic E-state index is 12.9. The van der Waals surface area contributed by atoms with E-state index in [1.807, 2.05) is 25.2 Å². The minimum Gasteiger partial charge on any atom is -0.383 e. The van der Waals surface area contributed by atoms with E-state index in [4.69, 9.17) is 4.74 Å². The molecule has 0 saturated heterocycles. The number of ketones is 1. The molecule has 2 nitrogen and oxygen atoms in total. The zero-order valence-corrected chi connectivity index (χ0v) is 15.8. The van der Waals surface area contributed by atoms with E-state index in [9.17, 15) is 4.79 Å². The van der Waals surface area contributed by atoms with Crippen molar-refractivity contribution in [3.8, 4) is 0 Å². The van der Waals surface area contributed by atoms with Gasteiger partial charge in [-0.2, -0.15) is 0 Å². The smallest absolute Gasteiger partial charge is 0.161 e. The van der Waals surface area contributed by atoms with Crippen LogP contribution in [-0.4, -0.2) is 23.4 Å². The van der Waals surface area contributed by atoms with Crippen molar-refractivity contribution in [2.45, 2.75) is 62.7 Å². The van der Waals surface area contributed by atoms with Crippen molar-refractivity contribution >= 4 is 28.4 Å². The quantitative estimate of drug-likeness (QED) is 0.267. The summed E-state index contributed by atoms with van der Waals surface area (Å²) in [6, 6.07) is 0. The van der Waals surface area contributed by atoms with Gasteiger partial charge in [0.15, 0.2) is 5.78 Å². The Bertz CT molecular complexity index is 387. The number of hydrogen-bond donors (Lipinski definition) is 0. The van der Waals surface area contributed by atoms with Crippen LogP contribution < -0.4 is 0 Å². The highest BCUT2D eigenvalue weighted by Gasteiger charge is 2.41. The predicted molar refractivity (Wildman–Crippen MR) is 98.0 cm³/mol. The molecule has 2 atom stereocenters. The first-order valence-electron chi connectivity index (χ1n) is 8.12. The topological polar surface area (TPSA) is 26.3 Å². The number of alkyl halides is 1. The summed E-state index contributed by atoms with van der Waals surface area (Å²) in [5.41, 5.74) is 0.599. The van der Waals surface area contributed by atoms with Crippen LogP contribution in [-0.2, 0) is 9.53 Å². The van der Waals surface area contributed by atoms with Crippen LogP contribution >= 0.6 is 22.6 Å². The van der Waals surface area contributed by atoms with E-state index < -0.39 is 5.41 Å². The summed E-state index contributed by atoms with van der Waals surface area (Å²) >= 11 is 2.32. The van der Waals surface area contributed by atoms with Crippen molar-refractivity contribution < 1.29 is 9.53 Å². The third-order valence-corrected chi connectivity index (χ3v) is 5.53. The maximum Gasteiger partial charge on any atom is 0.161 e. The average Bonchev–Trinajstić information content (AvgIpc) is 2.84. The number of carbonyl (C=O) groups is 1. The lowest BCUT2D eigenvalue weighted by Gasteiger charge is -2.29. The molecule has 0 aromatic carbocycles. The van der Waals surface area contributed by atoms with E-state index in [0.717, 1.165) is 18.4 Å². The summed E-state index contributed by atoms with van der Waals surface area (Å²) in [6.07, 6.45) is 14.7. The molecule has 0 saturated carbocycles. The zero-order chi connectivity index (χ0) is 15.7. The molecule has 0 aromatic heterocycles. The van der Waals surface area contributed by atoms with Gasteiger partial charge >= 0.3 is 0 Å². The number of unbranched alkanes of at least 4 members (excludes halogenated alkanes) is 5. The summed E-state index contributed by atoms with van der Waals surface area (Å²) in [6.45, 7) is 4.73. The van der Waals surface area contributed by atoms with Crippen molar-refractivity contribution in [3.05, 3.63) is 23.8 Å². The zero-order valence-electron chi connectivity index (χ0n) is 13.7. The molecule has 0 N–H and O–H groups in total. The lowest BCUT2D eigenvalue weighted by molar-refractivity contribution is -0.125. The molecule has 1 aliphatic carbocycles. The summed E-state index contributed by atoms with van der Waals surface area (Å²) < 4.78 is 5.40. The van der Waals surface area contributed by atoms with Gasteiger partial charge in [-0.05, 0) is 13.3 Å². The molecular formula is C18H29IO2. The minimum atomic E-state index is -0.511. The second kappa shape index (κ2) is 9.78. The van der Waals surface area contributed by atoms with Crippen LogP contribution in [0.5, 0.6) is 0 Å².